The Morgan fingerprint density at radius 3 is 1.97 bits per heavy atom. The summed E-state index contributed by atoms with van der Waals surface area (Å²) in [6.45, 7) is 1.40. The fraction of sp³-hybridized carbons (Fsp3) is 0.276. The summed E-state index contributed by atoms with van der Waals surface area (Å²) in [5, 5.41) is 27.2. The van der Waals surface area contributed by atoms with E-state index in [-0.39, 0.29) is 5.75 Å². The molecule has 1 aliphatic rings. The third-order valence-electron chi connectivity index (χ3n) is 6.82. The topological polar surface area (TPSA) is 134 Å². The van der Waals surface area contributed by atoms with Gasteiger partial charge in [-0.15, -0.1) is 0 Å². The largest absolute Gasteiger partial charge is 0.508 e. The predicted octanol–water partition coefficient (Wildman–Crippen LogP) is 3.73. The fourth-order valence-corrected chi connectivity index (χ4v) is 5.14. The van der Waals surface area contributed by atoms with Crippen LogP contribution in [0.1, 0.15) is 24.8 Å². The number of phenolic OH excluding ortho intramolecular Hbond substituents is 1. The average Bonchev–Trinajstić information content (AvgIpc) is 2.88. The maximum absolute atomic E-state index is 13.8. The number of benzene rings is 3. The molecule has 0 bridgehead atoms. The maximum atomic E-state index is 13.8. The quantitative estimate of drug-likeness (QED) is 0.350. The normalized spacial score (nSPS) is 22.8. The Morgan fingerprint density at radius 1 is 0.868 bits per heavy atom. The van der Waals surface area contributed by atoms with Crippen molar-refractivity contribution in [3.63, 3.8) is 0 Å². The number of para-hydroxylation sites is 4. The van der Waals surface area contributed by atoms with Gasteiger partial charge in [-0.3, -0.25) is 14.4 Å². The molecule has 0 aromatic heterocycles. The molecule has 4 N–H and O–H groups in total. The van der Waals surface area contributed by atoms with E-state index in [4.69, 9.17) is 9.47 Å². The first-order valence-corrected chi connectivity index (χ1v) is 12.1. The van der Waals surface area contributed by atoms with E-state index in [0.29, 0.717) is 28.4 Å². The molecular formula is C29H30N2O7. The number of carbonyl (C=O) groups is 3. The van der Waals surface area contributed by atoms with E-state index in [1.807, 2.05) is 0 Å². The van der Waals surface area contributed by atoms with Crippen LogP contribution in [0.15, 0.2) is 72.8 Å². The first-order valence-electron chi connectivity index (χ1n) is 12.1. The van der Waals surface area contributed by atoms with Crippen LogP contribution in [0.2, 0.25) is 0 Å². The van der Waals surface area contributed by atoms with E-state index < -0.39 is 47.4 Å². The molecule has 0 spiro atoms. The van der Waals surface area contributed by atoms with Crippen LogP contribution < -0.4 is 20.1 Å². The number of ether oxygens (including phenoxy) is 2. The molecule has 1 fully saturated rings. The molecule has 38 heavy (non-hydrogen) atoms. The summed E-state index contributed by atoms with van der Waals surface area (Å²) >= 11 is 0. The minimum atomic E-state index is -1.79. The van der Waals surface area contributed by atoms with Crippen LogP contribution in [-0.2, 0) is 14.4 Å². The van der Waals surface area contributed by atoms with Gasteiger partial charge in [0.25, 0.3) is 0 Å². The highest BCUT2D eigenvalue weighted by molar-refractivity contribution is 6.11. The van der Waals surface area contributed by atoms with Crippen LogP contribution in [0.3, 0.4) is 0 Å². The molecule has 0 radical (unpaired) electrons. The summed E-state index contributed by atoms with van der Waals surface area (Å²) in [7, 11) is 2.93. The van der Waals surface area contributed by atoms with Crippen molar-refractivity contribution in [3.8, 4) is 17.2 Å². The zero-order valence-corrected chi connectivity index (χ0v) is 21.3. The van der Waals surface area contributed by atoms with Gasteiger partial charge in [0.05, 0.1) is 37.1 Å². The molecule has 2 amide bonds. The van der Waals surface area contributed by atoms with E-state index in [1.165, 1.54) is 33.3 Å². The van der Waals surface area contributed by atoms with Crippen molar-refractivity contribution >= 4 is 29.0 Å². The smallest absolute Gasteiger partial charge is 0.235 e. The van der Waals surface area contributed by atoms with Crippen LogP contribution in [0.5, 0.6) is 17.2 Å². The standard InChI is InChI=1S/C29H30N2O7/c1-29(36)16-21(33)25(27(34)30-19-11-4-6-13-22(19)37-2)24(17-9-8-10-18(32)15-17)26(29)28(35)31-20-12-5-7-14-23(20)38-3/h4-15,24-26,32,36H,16H2,1-3H3,(H,30,34)(H,31,35). The molecule has 1 saturated carbocycles. The number of nitrogens with one attached hydrogen (secondary N) is 2. The minimum absolute atomic E-state index is 0.104. The van der Waals surface area contributed by atoms with Gasteiger partial charge in [0.15, 0.2) is 0 Å². The third kappa shape index (κ3) is 5.33. The number of amides is 2. The first-order chi connectivity index (χ1) is 18.2. The number of hydrogen-bond donors (Lipinski definition) is 4. The SMILES string of the molecule is COc1ccccc1NC(=O)C1C(=O)CC(C)(O)C(C(=O)Nc2ccccc2OC)C1c1cccc(O)c1. The molecule has 9 heteroatoms. The number of rotatable bonds is 7. The zero-order chi connectivity index (χ0) is 27.4. The molecule has 0 saturated heterocycles. The number of phenols is 1. The number of carbonyl (C=O) groups excluding carboxylic acids is 3. The Balaban J connectivity index is 1.79. The Labute approximate surface area is 220 Å². The Hall–Kier alpha value is -4.37. The van der Waals surface area contributed by atoms with E-state index in [0.717, 1.165) is 0 Å². The molecular weight excluding hydrogens is 488 g/mol. The Morgan fingerprint density at radius 2 is 1.42 bits per heavy atom. The number of aromatic hydroxyl groups is 1. The third-order valence-corrected chi connectivity index (χ3v) is 6.82. The lowest BCUT2D eigenvalue weighted by Crippen LogP contribution is -2.56. The van der Waals surface area contributed by atoms with Crippen molar-refractivity contribution < 1.29 is 34.1 Å². The second-order valence-electron chi connectivity index (χ2n) is 9.46. The number of methoxy groups -OCH3 is 2. The van der Waals surface area contributed by atoms with Gasteiger partial charge in [-0.05, 0) is 48.9 Å². The van der Waals surface area contributed by atoms with Gasteiger partial charge in [0.1, 0.15) is 28.9 Å². The van der Waals surface area contributed by atoms with Crippen molar-refractivity contribution in [2.75, 3.05) is 24.9 Å². The van der Waals surface area contributed by atoms with Crippen molar-refractivity contribution in [1.82, 2.24) is 0 Å². The number of hydrogen-bond acceptors (Lipinski definition) is 7. The zero-order valence-electron chi connectivity index (χ0n) is 21.3. The highest BCUT2D eigenvalue weighted by Gasteiger charge is 2.56. The summed E-state index contributed by atoms with van der Waals surface area (Å²) in [5.41, 5.74) is -0.702. The molecule has 4 unspecified atom stereocenters. The van der Waals surface area contributed by atoms with Crippen molar-refractivity contribution in [2.45, 2.75) is 24.9 Å². The van der Waals surface area contributed by atoms with Crippen LogP contribution in [-0.4, -0.2) is 47.6 Å². The van der Waals surface area contributed by atoms with Crippen LogP contribution in [0.25, 0.3) is 0 Å². The summed E-state index contributed by atoms with van der Waals surface area (Å²) in [6, 6.07) is 19.6. The number of anilines is 2. The lowest BCUT2D eigenvalue weighted by atomic mass is 9.61. The Kier molecular flexibility index (Phi) is 7.68. The lowest BCUT2D eigenvalue weighted by Gasteiger charge is -2.44. The summed E-state index contributed by atoms with van der Waals surface area (Å²) in [6.07, 6.45) is -0.420. The van der Waals surface area contributed by atoms with Crippen LogP contribution >= 0.6 is 0 Å². The van der Waals surface area contributed by atoms with Crippen molar-refractivity contribution in [3.05, 3.63) is 78.4 Å². The van der Waals surface area contributed by atoms with Gasteiger partial charge in [0, 0.05) is 12.3 Å². The first kappa shape index (κ1) is 26.7. The molecule has 3 aromatic carbocycles. The van der Waals surface area contributed by atoms with E-state index in [2.05, 4.69) is 10.6 Å². The molecule has 1 aliphatic carbocycles. The monoisotopic (exact) mass is 518 g/mol. The van der Waals surface area contributed by atoms with Crippen molar-refractivity contribution in [1.29, 1.82) is 0 Å². The molecule has 0 heterocycles. The molecule has 198 valence electrons. The minimum Gasteiger partial charge on any atom is -0.508 e. The highest BCUT2D eigenvalue weighted by atomic mass is 16.5. The second kappa shape index (κ2) is 10.9. The molecule has 0 aliphatic heterocycles. The van der Waals surface area contributed by atoms with Gasteiger partial charge in [-0.2, -0.15) is 0 Å². The van der Waals surface area contributed by atoms with Crippen LogP contribution in [0.4, 0.5) is 11.4 Å². The lowest BCUT2D eigenvalue weighted by molar-refractivity contribution is -0.150. The van der Waals surface area contributed by atoms with Crippen molar-refractivity contribution in [2.24, 2.45) is 11.8 Å². The maximum Gasteiger partial charge on any atom is 0.235 e. The van der Waals surface area contributed by atoms with Gasteiger partial charge in [-0.1, -0.05) is 36.4 Å². The van der Waals surface area contributed by atoms with Gasteiger partial charge in [-0.25, -0.2) is 0 Å². The molecule has 9 nitrogen and oxygen atoms in total. The highest BCUT2D eigenvalue weighted by Crippen LogP contribution is 2.47. The van der Waals surface area contributed by atoms with E-state index in [9.17, 15) is 24.6 Å². The van der Waals surface area contributed by atoms with Gasteiger partial charge in [0.2, 0.25) is 11.8 Å². The predicted molar refractivity (Wildman–Crippen MR) is 141 cm³/mol. The Bertz CT molecular complexity index is 1350. The molecule has 4 rings (SSSR count). The van der Waals surface area contributed by atoms with Crippen LogP contribution in [0, 0.1) is 11.8 Å². The summed E-state index contributed by atoms with van der Waals surface area (Å²) in [4.78, 5) is 40.9. The molecule has 4 atom stereocenters. The fourth-order valence-electron chi connectivity index (χ4n) is 5.14. The summed E-state index contributed by atoms with van der Waals surface area (Å²) < 4.78 is 10.7. The second-order valence-corrected chi connectivity index (χ2v) is 9.46. The van der Waals surface area contributed by atoms with E-state index >= 15 is 0 Å². The number of aliphatic hydroxyl groups is 1. The average molecular weight is 519 g/mol. The number of Topliss-reactive ketones (excluding diaryl/α,β-unsaturated/α-hetero) is 1. The molecule has 3 aromatic rings. The number of ketones is 1. The van der Waals surface area contributed by atoms with Gasteiger partial charge >= 0.3 is 0 Å². The van der Waals surface area contributed by atoms with Gasteiger partial charge < -0.3 is 30.3 Å². The summed E-state index contributed by atoms with van der Waals surface area (Å²) in [5.74, 6) is -4.75. The van der Waals surface area contributed by atoms with E-state index in [1.54, 1.807) is 60.7 Å².